The van der Waals surface area contributed by atoms with Crippen LogP contribution in [0, 0.1) is 10.1 Å². The minimum absolute atomic E-state index is 0.149. The largest absolute Gasteiger partial charge is 0.482 e. The van der Waals surface area contributed by atoms with Gasteiger partial charge in [0.25, 0.3) is 0 Å². The van der Waals surface area contributed by atoms with Crippen molar-refractivity contribution in [1.29, 1.82) is 0 Å². The zero-order chi connectivity index (χ0) is 18.4. The number of rotatable bonds is 8. The number of nitro groups is 1. The minimum atomic E-state index is -0.843. The van der Waals surface area contributed by atoms with Gasteiger partial charge in [0.15, 0.2) is 5.75 Å². The van der Waals surface area contributed by atoms with Crippen LogP contribution in [0.15, 0.2) is 48.5 Å². The lowest BCUT2D eigenvalue weighted by atomic mass is 10.0. The van der Waals surface area contributed by atoms with Crippen molar-refractivity contribution < 1.29 is 14.8 Å². The Kier molecular flexibility index (Phi) is 6.50. The predicted octanol–water partition coefficient (Wildman–Crippen LogP) is 3.59. The second-order valence-corrected chi connectivity index (χ2v) is 6.31. The molecule has 0 aliphatic rings. The van der Waals surface area contributed by atoms with Crippen LogP contribution in [0.5, 0.6) is 5.75 Å². The summed E-state index contributed by atoms with van der Waals surface area (Å²) in [4.78, 5) is 10.9. The van der Waals surface area contributed by atoms with E-state index in [2.05, 4.69) is 5.32 Å². The molecule has 2 N–H and O–H groups in total. The second-order valence-electron chi connectivity index (χ2n) is 6.31. The highest BCUT2D eigenvalue weighted by molar-refractivity contribution is 5.49. The fraction of sp³-hybridized carbons (Fsp3) is 0.368. The van der Waals surface area contributed by atoms with Gasteiger partial charge in [0.2, 0.25) is 0 Å². The Hall–Kier alpha value is -2.44. The van der Waals surface area contributed by atoms with E-state index in [1.165, 1.54) is 6.07 Å². The molecule has 2 unspecified atom stereocenters. The van der Waals surface area contributed by atoms with E-state index in [1.807, 2.05) is 51.1 Å². The van der Waals surface area contributed by atoms with Crippen molar-refractivity contribution in [3.05, 3.63) is 69.8 Å². The lowest BCUT2D eigenvalue weighted by Crippen LogP contribution is -2.36. The maximum Gasteiger partial charge on any atom is 0.311 e. The van der Waals surface area contributed by atoms with Crippen molar-refractivity contribution in [2.45, 2.75) is 45.6 Å². The van der Waals surface area contributed by atoms with Crippen LogP contribution in [0.25, 0.3) is 0 Å². The number of nitrogens with zero attached hydrogens (tertiary/aromatic N) is 1. The van der Waals surface area contributed by atoms with Gasteiger partial charge in [-0.1, -0.05) is 50.2 Å². The number of hydrogen-bond acceptors (Lipinski definition) is 5. The summed E-state index contributed by atoms with van der Waals surface area (Å²) in [6.07, 6.45) is -0.843. The van der Waals surface area contributed by atoms with Gasteiger partial charge in [-0.25, -0.2) is 0 Å². The Morgan fingerprint density at radius 3 is 2.44 bits per heavy atom. The van der Waals surface area contributed by atoms with Crippen molar-refractivity contribution in [2.24, 2.45) is 0 Å². The molecule has 2 aromatic carbocycles. The van der Waals surface area contributed by atoms with E-state index in [9.17, 15) is 15.2 Å². The van der Waals surface area contributed by atoms with E-state index < -0.39 is 11.0 Å². The highest BCUT2D eigenvalue weighted by Crippen LogP contribution is 2.31. The summed E-state index contributed by atoms with van der Waals surface area (Å²) in [5.41, 5.74) is 1.26. The van der Waals surface area contributed by atoms with Crippen LogP contribution in [0.3, 0.4) is 0 Å². The molecular weight excluding hydrogens is 320 g/mol. The molecule has 0 spiro atoms. The molecule has 0 bridgehead atoms. The molecule has 0 radical (unpaired) electrons. The Morgan fingerprint density at radius 2 is 1.84 bits per heavy atom. The first-order valence-corrected chi connectivity index (χ1v) is 8.27. The van der Waals surface area contributed by atoms with Gasteiger partial charge in [-0.05, 0) is 24.1 Å². The van der Waals surface area contributed by atoms with E-state index >= 15 is 0 Å². The molecule has 2 aromatic rings. The maximum atomic E-state index is 11.4. The first-order chi connectivity index (χ1) is 11.9. The van der Waals surface area contributed by atoms with Crippen LogP contribution in [-0.4, -0.2) is 22.1 Å². The fourth-order valence-electron chi connectivity index (χ4n) is 2.62. The number of nitro benzene ring substituents is 1. The molecule has 6 heteroatoms. The number of benzene rings is 2. The molecule has 0 saturated carbocycles. The summed E-state index contributed by atoms with van der Waals surface area (Å²) in [6.45, 7) is 6.05. The minimum Gasteiger partial charge on any atom is -0.482 e. The van der Waals surface area contributed by atoms with Crippen LogP contribution >= 0.6 is 0 Å². The predicted molar refractivity (Wildman–Crippen MR) is 96.6 cm³/mol. The number of aliphatic hydroxyl groups excluding tert-OH is 1. The second kappa shape index (κ2) is 8.60. The first kappa shape index (κ1) is 18.9. The van der Waals surface area contributed by atoms with Gasteiger partial charge in [0, 0.05) is 18.2 Å². The normalized spacial score (nSPS) is 13.5. The van der Waals surface area contributed by atoms with Gasteiger partial charge in [-0.2, -0.15) is 0 Å². The van der Waals surface area contributed by atoms with Crippen molar-refractivity contribution in [1.82, 2.24) is 5.32 Å². The maximum absolute atomic E-state index is 11.4. The highest BCUT2D eigenvalue weighted by atomic mass is 16.6. The van der Waals surface area contributed by atoms with E-state index in [0.717, 1.165) is 5.56 Å². The molecule has 2 rings (SSSR count). The van der Waals surface area contributed by atoms with Crippen LogP contribution in [0.4, 0.5) is 5.69 Å². The number of hydrogen-bond donors (Lipinski definition) is 2. The third-order valence-electron chi connectivity index (χ3n) is 3.83. The Morgan fingerprint density at radius 1 is 1.16 bits per heavy atom. The molecule has 0 amide bonds. The molecule has 25 heavy (non-hydrogen) atoms. The summed E-state index contributed by atoms with van der Waals surface area (Å²) in [5.74, 6) is 0.189. The molecule has 0 aliphatic heterocycles. The average molecular weight is 344 g/mol. The van der Waals surface area contributed by atoms with Gasteiger partial charge < -0.3 is 15.2 Å². The van der Waals surface area contributed by atoms with Crippen LogP contribution in [-0.2, 0) is 6.61 Å². The molecule has 0 aromatic heterocycles. The molecule has 6 nitrogen and oxygen atoms in total. The smallest absolute Gasteiger partial charge is 0.311 e. The first-order valence-electron chi connectivity index (χ1n) is 8.27. The van der Waals surface area contributed by atoms with Crippen molar-refractivity contribution in [2.75, 3.05) is 0 Å². The Labute approximate surface area is 147 Å². The molecule has 134 valence electrons. The van der Waals surface area contributed by atoms with Crippen LogP contribution in [0.2, 0.25) is 0 Å². The molecule has 0 fully saturated rings. The number of nitrogens with one attached hydrogen (secondary N) is 1. The van der Waals surface area contributed by atoms with Gasteiger partial charge in [0.05, 0.1) is 11.0 Å². The summed E-state index contributed by atoms with van der Waals surface area (Å²) in [5, 5.41) is 25.0. The Bertz CT molecular complexity index is 704. The third-order valence-corrected chi connectivity index (χ3v) is 3.83. The Balaban J connectivity index is 2.18. The molecule has 2 atom stereocenters. The van der Waals surface area contributed by atoms with Crippen LogP contribution < -0.4 is 10.1 Å². The van der Waals surface area contributed by atoms with Crippen molar-refractivity contribution in [3.8, 4) is 5.75 Å². The fourth-order valence-corrected chi connectivity index (χ4v) is 2.62. The third kappa shape index (κ3) is 5.27. The quantitative estimate of drug-likeness (QED) is 0.565. The summed E-state index contributed by atoms with van der Waals surface area (Å²) in [6, 6.07) is 14.0. The standard InChI is InChI=1S/C19H24N2O4/c1-13(2)20-14(3)19(22)16-9-10-18(17(11-16)21(23)24)25-12-15-7-5-4-6-8-15/h4-11,13-14,19-20,22H,12H2,1-3H3. The average Bonchev–Trinajstić information content (AvgIpc) is 2.59. The van der Waals surface area contributed by atoms with Crippen LogP contribution in [0.1, 0.15) is 38.0 Å². The lowest BCUT2D eigenvalue weighted by molar-refractivity contribution is -0.386. The highest BCUT2D eigenvalue weighted by Gasteiger charge is 2.22. The van der Waals surface area contributed by atoms with Gasteiger partial charge in [-0.15, -0.1) is 0 Å². The van der Waals surface area contributed by atoms with Gasteiger partial charge >= 0.3 is 5.69 Å². The van der Waals surface area contributed by atoms with Crippen molar-refractivity contribution in [3.63, 3.8) is 0 Å². The van der Waals surface area contributed by atoms with E-state index in [0.29, 0.717) is 5.56 Å². The molecule has 0 heterocycles. The van der Waals surface area contributed by atoms with E-state index in [-0.39, 0.29) is 30.1 Å². The van der Waals surface area contributed by atoms with Gasteiger partial charge in [-0.3, -0.25) is 10.1 Å². The number of aliphatic hydroxyl groups is 1. The zero-order valence-electron chi connectivity index (χ0n) is 14.7. The monoisotopic (exact) mass is 344 g/mol. The SMILES string of the molecule is CC(C)NC(C)C(O)c1ccc(OCc2ccccc2)c([N+](=O)[O-])c1. The van der Waals surface area contributed by atoms with Gasteiger partial charge in [0.1, 0.15) is 6.61 Å². The van der Waals surface area contributed by atoms with E-state index in [4.69, 9.17) is 4.74 Å². The summed E-state index contributed by atoms with van der Waals surface area (Å²) >= 11 is 0. The summed E-state index contributed by atoms with van der Waals surface area (Å²) in [7, 11) is 0. The summed E-state index contributed by atoms with van der Waals surface area (Å²) < 4.78 is 5.61. The molecule has 0 saturated heterocycles. The number of ether oxygens (including phenoxy) is 1. The van der Waals surface area contributed by atoms with E-state index in [1.54, 1.807) is 12.1 Å². The topological polar surface area (TPSA) is 84.6 Å². The zero-order valence-corrected chi connectivity index (χ0v) is 14.7. The molecule has 0 aliphatic carbocycles. The molecular formula is C19H24N2O4. The van der Waals surface area contributed by atoms with Crippen molar-refractivity contribution >= 4 is 5.69 Å². The lowest BCUT2D eigenvalue weighted by Gasteiger charge is -2.23.